The van der Waals surface area contributed by atoms with Gasteiger partial charge in [-0.05, 0) is 43.7 Å². The molecule has 2 aromatic rings. The molecule has 4 rings (SSSR count). The number of nitrogens with zero attached hydrogens (tertiary/aromatic N) is 3. The number of ether oxygens (including phenoxy) is 2. The summed E-state index contributed by atoms with van der Waals surface area (Å²) in [6.07, 6.45) is 4.65. The third-order valence-electron chi connectivity index (χ3n) is 5.68. The van der Waals surface area contributed by atoms with Crippen molar-refractivity contribution in [3.8, 4) is 5.75 Å². The Bertz CT molecular complexity index is 800. The number of para-hydroxylation sites is 1. The summed E-state index contributed by atoms with van der Waals surface area (Å²) in [4.78, 5) is 19.5. The molecule has 7 nitrogen and oxygen atoms in total. The second kappa shape index (κ2) is 8.73. The summed E-state index contributed by atoms with van der Waals surface area (Å²) in [5.41, 5.74) is 0.616. The molecule has 1 atom stereocenters. The zero-order valence-electron chi connectivity index (χ0n) is 16.3. The standard InChI is InChI=1S/C21H27N3O4/c1-26-18-7-3-2-6-17(18)21(25)24-10-4-5-15(14-24)13-19-22-20(23-28-19)16-8-11-27-12-9-16/h2-3,6-7,15-16H,4-5,8-14H2,1H3. The van der Waals surface area contributed by atoms with Gasteiger partial charge in [-0.2, -0.15) is 4.98 Å². The summed E-state index contributed by atoms with van der Waals surface area (Å²) in [5, 5.41) is 4.19. The smallest absolute Gasteiger partial charge is 0.257 e. The van der Waals surface area contributed by atoms with Crippen LogP contribution >= 0.6 is 0 Å². The fourth-order valence-electron chi connectivity index (χ4n) is 4.13. The van der Waals surface area contributed by atoms with Crippen molar-refractivity contribution in [2.75, 3.05) is 33.4 Å². The third-order valence-corrected chi connectivity index (χ3v) is 5.68. The molecule has 150 valence electrons. The van der Waals surface area contributed by atoms with Crippen LogP contribution in [0.1, 0.15) is 53.7 Å². The van der Waals surface area contributed by atoms with Gasteiger partial charge in [0.1, 0.15) is 5.75 Å². The second-order valence-electron chi connectivity index (χ2n) is 7.60. The Morgan fingerprint density at radius 2 is 2.07 bits per heavy atom. The van der Waals surface area contributed by atoms with Gasteiger partial charge in [-0.3, -0.25) is 4.79 Å². The molecule has 1 amide bonds. The van der Waals surface area contributed by atoms with E-state index in [1.807, 2.05) is 29.2 Å². The molecule has 0 saturated carbocycles. The lowest BCUT2D eigenvalue weighted by Crippen LogP contribution is -2.40. The molecular formula is C21H27N3O4. The molecule has 7 heteroatoms. The van der Waals surface area contributed by atoms with Crippen molar-refractivity contribution < 1.29 is 18.8 Å². The molecule has 2 saturated heterocycles. The maximum Gasteiger partial charge on any atom is 0.257 e. The van der Waals surface area contributed by atoms with Crippen molar-refractivity contribution in [1.29, 1.82) is 0 Å². The lowest BCUT2D eigenvalue weighted by molar-refractivity contribution is 0.0664. The molecule has 1 aromatic carbocycles. The molecule has 3 heterocycles. The predicted molar refractivity (Wildman–Crippen MR) is 102 cm³/mol. The van der Waals surface area contributed by atoms with Crippen LogP contribution in [-0.4, -0.2) is 54.4 Å². The van der Waals surface area contributed by atoms with Crippen molar-refractivity contribution in [1.82, 2.24) is 15.0 Å². The third kappa shape index (κ3) is 4.19. The molecule has 28 heavy (non-hydrogen) atoms. The van der Waals surface area contributed by atoms with Gasteiger partial charge in [0.2, 0.25) is 5.89 Å². The zero-order valence-corrected chi connectivity index (χ0v) is 16.3. The number of benzene rings is 1. The van der Waals surface area contributed by atoms with E-state index in [9.17, 15) is 4.79 Å². The van der Waals surface area contributed by atoms with Gasteiger partial charge >= 0.3 is 0 Å². The van der Waals surface area contributed by atoms with Crippen LogP contribution in [0, 0.1) is 5.92 Å². The number of carbonyl (C=O) groups excluding carboxylic acids is 1. The molecule has 0 radical (unpaired) electrons. The van der Waals surface area contributed by atoms with E-state index < -0.39 is 0 Å². The van der Waals surface area contributed by atoms with Crippen LogP contribution in [0.5, 0.6) is 5.75 Å². The number of likely N-dealkylation sites (tertiary alicyclic amines) is 1. The van der Waals surface area contributed by atoms with Crippen molar-refractivity contribution in [3.63, 3.8) is 0 Å². The summed E-state index contributed by atoms with van der Waals surface area (Å²) in [7, 11) is 1.59. The Labute approximate surface area is 165 Å². The molecule has 1 aromatic heterocycles. The second-order valence-corrected chi connectivity index (χ2v) is 7.60. The fraction of sp³-hybridized carbons (Fsp3) is 0.571. The minimum absolute atomic E-state index is 0.0237. The number of aromatic nitrogens is 2. The molecule has 2 aliphatic rings. The molecule has 2 aliphatic heterocycles. The quantitative estimate of drug-likeness (QED) is 0.787. The van der Waals surface area contributed by atoms with Crippen LogP contribution in [0.3, 0.4) is 0 Å². The van der Waals surface area contributed by atoms with Crippen LogP contribution in [-0.2, 0) is 11.2 Å². The topological polar surface area (TPSA) is 77.7 Å². The molecule has 0 N–H and O–H groups in total. The van der Waals surface area contributed by atoms with Gasteiger partial charge < -0.3 is 18.9 Å². The van der Waals surface area contributed by atoms with E-state index >= 15 is 0 Å². The van der Waals surface area contributed by atoms with Crippen molar-refractivity contribution in [3.05, 3.63) is 41.5 Å². The molecular weight excluding hydrogens is 358 g/mol. The maximum absolute atomic E-state index is 13.0. The van der Waals surface area contributed by atoms with Gasteiger partial charge in [-0.15, -0.1) is 0 Å². The fourth-order valence-corrected chi connectivity index (χ4v) is 4.13. The normalized spacial score (nSPS) is 20.9. The van der Waals surface area contributed by atoms with Crippen LogP contribution < -0.4 is 4.74 Å². The van der Waals surface area contributed by atoms with Crippen molar-refractivity contribution in [2.24, 2.45) is 5.92 Å². The largest absolute Gasteiger partial charge is 0.496 e. The highest BCUT2D eigenvalue weighted by molar-refractivity contribution is 5.97. The summed E-state index contributed by atoms with van der Waals surface area (Å²) in [6.45, 7) is 2.99. The van der Waals surface area contributed by atoms with Crippen LogP contribution in [0.25, 0.3) is 0 Å². The van der Waals surface area contributed by atoms with E-state index in [4.69, 9.17) is 14.0 Å². The predicted octanol–water partition coefficient (Wildman–Crippen LogP) is 3.07. The molecule has 0 aliphatic carbocycles. The number of carbonyl (C=O) groups is 1. The van der Waals surface area contributed by atoms with Gasteiger partial charge in [0, 0.05) is 38.6 Å². The van der Waals surface area contributed by atoms with Gasteiger partial charge in [0.15, 0.2) is 5.82 Å². The molecule has 1 unspecified atom stereocenters. The van der Waals surface area contributed by atoms with E-state index in [2.05, 4.69) is 10.1 Å². The Morgan fingerprint density at radius 3 is 2.89 bits per heavy atom. The summed E-state index contributed by atoms with van der Waals surface area (Å²) < 4.78 is 16.3. The molecule has 0 bridgehead atoms. The Hall–Kier alpha value is -2.41. The first-order valence-electron chi connectivity index (χ1n) is 10.1. The van der Waals surface area contributed by atoms with Gasteiger partial charge in [0.25, 0.3) is 5.91 Å². The van der Waals surface area contributed by atoms with Crippen molar-refractivity contribution in [2.45, 2.75) is 38.0 Å². The van der Waals surface area contributed by atoms with E-state index in [1.54, 1.807) is 7.11 Å². The maximum atomic E-state index is 13.0. The lowest BCUT2D eigenvalue weighted by Gasteiger charge is -2.32. The average molecular weight is 385 g/mol. The number of hydrogen-bond donors (Lipinski definition) is 0. The SMILES string of the molecule is COc1ccccc1C(=O)N1CCCC(Cc2nc(C3CCOCC3)no2)C1. The Kier molecular flexibility index (Phi) is 5.90. The van der Waals surface area contributed by atoms with Gasteiger partial charge in [-0.25, -0.2) is 0 Å². The van der Waals surface area contributed by atoms with E-state index in [-0.39, 0.29) is 5.91 Å². The molecule has 0 spiro atoms. The van der Waals surface area contributed by atoms with Crippen LogP contribution in [0.2, 0.25) is 0 Å². The molecule has 2 fully saturated rings. The first kappa shape index (κ1) is 18.9. The number of piperidine rings is 1. The van der Waals surface area contributed by atoms with Gasteiger partial charge in [-0.1, -0.05) is 17.3 Å². The van der Waals surface area contributed by atoms with Crippen molar-refractivity contribution >= 4 is 5.91 Å². The highest BCUT2D eigenvalue weighted by Gasteiger charge is 2.28. The Morgan fingerprint density at radius 1 is 1.25 bits per heavy atom. The van der Waals surface area contributed by atoms with E-state index in [1.165, 1.54) is 0 Å². The van der Waals surface area contributed by atoms with E-state index in [0.717, 1.165) is 51.3 Å². The minimum Gasteiger partial charge on any atom is -0.496 e. The number of amides is 1. The summed E-state index contributed by atoms with van der Waals surface area (Å²) in [6, 6.07) is 7.39. The summed E-state index contributed by atoms with van der Waals surface area (Å²) >= 11 is 0. The number of rotatable bonds is 5. The van der Waals surface area contributed by atoms with E-state index in [0.29, 0.717) is 42.0 Å². The van der Waals surface area contributed by atoms with Crippen LogP contribution in [0.15, 0.2) is 28.8 Å². The lowest BCUT2D eigenvalue weighted by atomic mass is 9.94. The number of hydrogen-bond acceptors (Lipinski definition) is 6. The average Bonchev–Trinajstić information content (AvgIpc) is 3.22. The summed E-state index contributed by atoms with van der Waals surface area (Å²) in [5.74, 6) is 2.79. The highest BCUT2D eigenvalue weighted by Crippen LogP contribution is 2.27. The number of methoxy groups -OCH3 is 1. The van der Waals surface area contributed by atoms with Gasteiger partial charge in [0.05, 0.1) is 12.7 Å². The van der Waals surface area contributed by atoms with Crippen LogP contribution in [0.4, 0.5) is 0 Å². The first-order chi connectivity index (χ1) is 13.7. The highest BCUT2D eigenvalue weighted by atomic mass is 16.5. The Balaban J connectivity index is 1.39. The first-order valence-corrected chi connectivity index (χ1v) is 10.1. The zero-order chi connectivity index (χ0) is 19.3. The monoisotopic (exact) mass is 385 g/mol. The minimum atomic E-state index is 0.0237.